The number of amides is 1. The van der Waals surface area contributed by atoms with Gasteiger partial charge in [-0.3, -0.25) is 9.89 Å². The van der Waals surface area contributed by atoms with Crippen LogP contribution in [0, 0.1) is 0 Å². The van der Waals surface area contributed by atoms with Crippen LogP contribution in [0.15, 0.2) is 48.8 Å². The molecular weight excluding hydrogens is 395 g/mol. The molecule has 3 N–H and O–H groups in total. The van der Waals surface area contributed by atoms with Crippen molar-refractivity contribution in [2.24, 2.45) is 0 Å². The van der Waals surface area contributed by atoms with Gasteiger partial charge in [0.2, 0.25) is 0 Å². The normalized spacial score (nSPS) is 11.3. The average molecular weight is 410 g/mol. The Morgan fingerprint density at radius 1 is 1.14 bits per heavy atom. The predicted octanol–water partition coefficient (Wildman–Crippen LogP) is 3.99. The fourth-order valence-electron chi connectivity index (χ4n) is 2.45. The molecule has 1 aromatic carbocycles. The van der Waals surface area contributed by atoms with E-state index in [9.17, 15) is 18.0 Å². The van der Waals surface area contributed by atoms with Crippen LogP contribution in [-0.4, -0.2) is 34.2 Å². The van der Waals surface area contributed by atoms with Crippen LogP contribution >= 0.6 is 11.6 Å². The van der Waals surface area contributed by atoms with Crippen LogP contribution in [0.5, 0.6) is 0 Å². The molecular formula is C18H15ClF3N5O. The van der Waals surface area contributed by atoms with Crippen molar-refractivity contribution in [1.82, 2.24) is 20.5 Å². The summed E-state index contributed by atoms with van der Waals surface area (Å²) in [5.74, 6) is -0.0592. The number of carbonyl (C=O) groups is 1. The lowest BCUT2D eigenvalue weighted by atomic mass is 10.1. The molecule has 1 amide bonds. The van der Waals surface area contributed by atoms with Gasteiger partial charge in [0.15, 0.2) is 0 Å². The first kappa shape index (κ1) is 19.7. The smallest absolute Gasteiger partial charge is 0.368 e. The molecule has 0 saturated heterocycles. The average Bonchev–Trinajstić information content (AvgIpc) is 3.15. The highest BCUT2D eigenvalue weighted by Crippen LogP contribution is 2.28. The summed E-state index contributed by atoms with van der Waals surface area (Å²) < 4.78 is 37.5. The Labute approximate surface area is 163 Å². The van der Waals surface area contributed by atoms with Gasteiger partial charge in [-0.2, -0.15) is 18.3 Å². The first-order valence-electron chi connectivity index (χ1n) is 8.19. The molecule has 0 radical (unpaired) electrons. The van der Waals surface area contributed by atoms with E-state index in [-0.39, 0.29) is 24.8 Å². The summed E-state index contributed by atoms with van der Waals surface area (Å²) in [4.78, 5) is 16.1. The summed E-state index contributed by atoms with van der Waals surface area (Å²) in [5, 5.41) is 12.8. The van der Waals surface area contributed by atoms with Gasteiger partial charge in [-0.1, -0.05) is 23.7 Å². The molecule has 3 rings (SSSR count). The van der Waals surface area contributed by atoms with Crippen LogP contribution < -0.4 is 10.6 Å². The minimum absolute atomic E-state index is 0.238. The van der Waals surface area contributed by atoms with E-state index < -0.39 is 11.7 Å². The molecule has 6 nitrogen and oxygen atoms in total. The molecule has 0 fully saturated rings. The van der Waals surface area contributed by atoms with Gasteiger partial charge in [0.1, 0.15) is 5.82 Å². The lowest BCUT2D eigenvalue weighted by Gasteiger charge is -2.09. The van der Waals surface area contributed by atoms with Crippen molar-refractivity contribution in [3.8, 4) is 11.3 Å². The van der Waals surface area contributed by atoms with Crippen molar-refractivity contribution < 1.29 is 18.0 Å². The lowest BCUT2D eigenvalue weighted by molar-refractivity contribution is -0.137. The zero-order valence-corrected chi connectivity index (χ0v) is 15.1. The van der Waals surface area contributed by atoms with Gasteiger partial charge in [-0.05, 0) is 24.3 Å². The van der Waals surface area contributed by atoms with Gasteiger partial charge in [-0.15, -0.1) is 0 Å². The van der Waals surface area contributed by atoms with Crippen LogP contribution in [0.25, 0.3) is 11.3 Å². The maximum Gasteiger partial charge on any atom is 0.417 e. The van der Waals surface area contributed by atoms with Crippen LogP contribution in [0.4, 0.5) is 19.0 Å². The van der Waals surface area contributed by atoms with Crippen LogP contribution in [-0.2, 0) is 6.18 Å². The predicted molar refractivity (Wildman–Crippen MR) is 99.1 cm³/mol. The molecule has 10 heteroatoms. The summed E-state index contributed by atoms with van der Waals surface area (Å²) in [5.41, 5.74) is 0.800. The first-order chi connectivity index (χ1) is 13.3. The molecule has 0 unspecified atom stereocenters. The van der Waals surface area contributed by atoms with E-state index in [0.29, 0.717) is 16.3 Å². The largest absolute Gasteiger partial charge is 0.417 e. The zero-order valence-electron chi connectivity index (χ0n) is 14.3. The van der Waals surface area contributed by atoms with Crippen molar-refractivity contribution in [2.45, 2.75) is 6.18 Å². The van der Waals surface area contributed by atoms with Crippen LogP contribution in [0.1, 0.15) is 15.9 Å². The van der Waals surface area contributed by atoms with E-state index in [1.165, 1.54) is 12.3 Å². The molecule has 0 aliphatic heterocycles. The highest BCUT2D eigenvalue weighted by atomic mass is 35.5. The number of rotatable bonds is 6. The maximum absolute atomic E-state index is 12.5. The van der Waals surface area contributed by atoms with Gasteiger partial charge in [0.25, 0.3) is 5.91 Å². The quantitative estimate of drug-likeness (QED) is 0.538. The van der Waals surface area contributed by atoms with Gasteiger partial charge < -0.3 is 10.6 Å². The number of benzene rings is 1. The Hall–Kier alpha value is -3.07. The minimum Gasteiger partial charge on any atom is -0.368 e. The highest BCUT2D eigenvalue weighted by molar-refractivity contribution is 6.30. The number of halogens is 4. The van der Waals surface area contributed by atoms with Gasteiger partial charge >= 0.3 is 6.18 Å². The van der Waals surface area contributed by atoms with Crippen molar-refractivity contribution in [2.75, 3.05) is 18.4 Å². The van der Waals surface area contributed by atoms with E-state index in [2.05, 4.69) is 25.8 Å². The number of aromatic nitrogens is 3. The number of alkyl halides is 3. The summed E-state index contributed by atoms with van der Waals surface area (Å²) >= 11 is 5.98. The van der Waals surface area contributed by atoms with E-state index in [1.807, 2.05) is 0 Å². The summed E-state index contributed by atoms with van der Waals surface area (Å²) in [6.07, 6.45) is -2.26. The molecule has 2 heterocycles. The standard InChI is InChI=1S/C18H15ClF3N5O/c19-13-3-1-2-11(8-13)16-14(10-26-27-16)17(28)24-7-6-23-15-5-4-12(9-25-15)18(20,21)22/h1-5,8-10H,6-7H2,(H,23,25)(H,24,28)(H,26,27). The number of aromatic amines is 1. The lowest BCUT2D eigenvalue weighted by Crippen LogP contribution is -2.29. The number of pyridine rings is 1. The number of nitrogens with one attached hydrogen (secondary N) is 3. The Morgan fingerprint density at radius 2 is 1.96 bits per heavy atom. The summed E-state index contributed by atoms with van der Waals surface area (Å²) in [6.45, 7) is 0.524. The Kier molecular flexibility index (Phi) is 5.84. The second kappa shape index (κ2) is 8.30. The van der Waals surface area contributed by atoms with E-state index in [1.54, 1.807) is 24.3 Å². The van der Waals surface area contributed by atoms with E-state index >= 15 is 0 Å². The Balaban J connectivity index is 1.54. The van der Waals surface area contributed by atoms with Crippen LogP contribution in [0.2, 0.25) is 5.02 Å². The minimum atomic E-state index is -4.43. The van der Waals surface area contributed by atoms with Gasteiger partial charge in [-0.25, -0.2) is 4.98 Å². The number of nitrogens with zero attached hydrogens (tertiary/aromatic N) is 2. The Bertz CT molecular complexity index is 956. The van der Waals surface area contributed by atoms with Gasteiger partial charge in [0, 0.05) is 29.9 Å². The number of anilines is 1. The fourth-order valence-corrected chi connectivity index (χ4v) is 2.64. The van der Waals surface area contributed by atoms with E-state index in [0.717, 1.165) is 17.8 Å². The molecule has 0 aliphatic carbocycles. The molecule has 28 heavy (non-hydrogen) atoms. The van der Waals surface area contributed by atoms with Crippen molar-refractivity contribution in [3.63, 3.8) is 0 Å². The third-order valence-corrected chi connectivity index (χ3v) is 4.04. The molecule has 0 aliphatic rings. The second-order valence-corrected chi connectivity index (χ2v) is 6.22. The topological polar surface area (TPSA) is 82.7 Å². The third kappa shape index (κ3) is 4.80. The summed E-state index contributed by atoms with van der Waals surface area (Å²) in [6, 6.07) is 9.18. The van der Waals surface area contributed by atoms with Crippen molar-refractivity contribution in [3.05, 3.63) is 64.9 Å². The Morgan fingerprint density at radius 3 is 2.64 bits per heavy atom. The molecule has 0 spiro atoms. The van der Waals surface area contributed by atoms with E-state index in [4.69, 9.17) is 11.6 Å². The monoisotopic (exact) mass is 409 g/mol. The number of hydrogen-bond acceptors (Lipinski definition) is 4. The molecule has 3 aromatic rings. The molecule has 0 atom stereocenters. The molecule has 0 bridgehead atoms. The van der Waals surface area contributed by atoms with Crippen molar-refractivity contribution in [1.29, 1.82) is 0 Å². The highest BCUT2D eigenvalue weighted by Gasteiger charge is 2.30. The third-order valence-electron chi connectivity index (χ3n) is 3.80. The summed E-state index contributed by atoms with van der Waals surface area (Å²) in [7, 11) is 0. The SMILES string of the molecule is O=C(NCCNc1ccc(C(F)(F)F)cn1)c1cn[nH]c1-c1cccc(Cl)c1. The fraction of sp³-hybridized carbons (Fsp3) is 0.167. The molecule has 146 valence electrons. The number of H-pyrrole nitrogens is 1. The molecule has 0 saturated carbocycles. The number of carbonyl (C=O) groups excluding carboxylic acids is 1. The van der Waals surface area contributed by atoms with Gasteiger partial charge in [0.05, 0.1) is 23.0 Å². The molecule has 2 aromatic heterocycles. The zero-order chi connectivity index (χ0) is 20.1. The van der Waals surface area contributed by atoms with Crippen LogP contribution in [0.3, 0.4) is 0 Å². The maximum atomic E-state index is 12.5. The second-order valence-electron chi connectivity index (χ2n) is 5.78. The first-order valence-corrected chi connectivity index (χ1v) is 8.57. The number of hydrogen-bond donors (Lipinski definition) is 3. The van der Waals surface area contributed by atoms with Crippen molar-refractivity contribution >= 4 is 23.3 Å².